The summed E-state index contributed by atoms with van der Waals surface area (Å²) < 4.78 is 9.14. The Hall–Kier alpha value is -1.67. The summed E-state index contributed by atoms with van der Waals surface area (Å²) in [6, 6.07) is 0. The Morgan fingerprint density at radius 3 is 2.88 bits per heavy atom. The molecule has 0 bridgehead atoms. The molecule has 8 heteroatoms. The van der Waals surface area contributed by atoms with Crippen molar-refractivity contribution < 1.29 is 19.3 Å². The van der Waals surface area contributed by atoms with E-state index in [1.54, 1.807) is 6.92 Å². The van der Waals surface area contributed by atoms with Gasteiger partial charge < -0.3 is 20.9 Å². The van der Waals surface area contributed by atoms with Gasteiger partial charge in [-0.05, 0) is 17.2 Å². The zero-order chi connectivity index (χ0) is 12.9. The van der Waals surface area contributed by atoms with Crippen LogP contribution in [0.15, 0.2) is 4.63 Å². The molecule has 0 saturated carbocycles. The topological polar surface area (TPSA) is 124 Å². The number of amides is 1. The standard InChI is InChI=1S/C9H16N4O4/c1-9(15,3-4-16-2)5-11-8(14)6-7(10)13-17-12-6/h15H,3-5H2,1-2H3,(H2,10,13)(H,11,14). The number of rotatable bonds is 6. The minimum absolute atomic E-state index is 0.0570. The van der Waals surface area contributed by atoms with Crippen LogP contribution in [-0.2, 0) is 4.74 Å². The number of hydrogen-bond acceptors (Lipinski definition) is 7. The van der Waals surface area contributed by atoms with Crippen molar-refractivity contribution in [2.45, 2.75) is 18.9 Å². The zero-order valence-corrected chi connectivity index (χ0v) is 9.77. The fourth-order valence-electron chi connectivity index (χ4n) is 1.12. The summed E-state index contributed by atoms with van der Waals surface area (Å²) in [4.78, 5) is 11.6. The molecule has 17 heavy (non-hydrogen) atoms. The van der Waals surface area contributed by atoms with Crippen molar-refractivity contribution in [2.75, 3.05) is 26.0 Å². The largest absolute Gasteiger partial charge is 0.388 e. The summed E-state index contributed by atoms with van der Waals surface area (Å²) in [6.45, 7) is 2.05. The Balaban J connectivity index is 2.45. The molecule has 0 saturated heterocycles. The number of anilines is 1. The molecule has 0 fully saturated rings. The number of carbonyl (C=O) groups excluding carboxylic acids is 1. The molecule has 8 nitrogen and oxygen atoms in total. The molecule has 0 radical (unpaired) electrons. The number of nitrogens with two attached hydrogens (primary N) is 1. The highest BCUT2D eigenvalue weighted by atomic mass is 16.6. The molecule has 96 valence electrons. The molecule has 1 heterocycles. The predicted octanol–water partition coefficient (Wildman–Crippen LogP) is -0.831. The van der Waals surface area contributed by atoms with E-state index in [0.717, 1.165) is 0 Å². The lowest BCUT2D eigenvalue weighted by Gasteiger charge is -2.22. The van der Waals surface area contributed by atoms with Crippen LogP contribution in [0.25, 0.3) is 0 Å². The number of nitrogens with zero attached hydrogens (tertiary/aromatic N) is 2. The molecule has 1 unspecified atom stereocenters. The Morgan fingerprint density at radius 1 is 1.65 bits per heavy atom. The van der Waals surface area contributed by atoms with Gasteiger partial charge in [0, 0.05) is 26.7 Å². The van der Waals surface area contributed by atoms with Gasteiger partial charge in [-0.25, -0.2) is 4.63 Å². The highest BCUT2D eigenvalue weighted by molar-refractivity contribution is 5.95. The van der Waals surface area contributed by atoms with Gasteiger partial charge in [-0.1, -0.05) is 0 Å². The van der Waals surface area contributed by atoms with Gasteiger partial charge in [-0.3, -0.25) is 4.79 Å². The first kappa shape index (κ1) is 13.4. The van der Waals surface area contributed by atoms with E-state index in [0.29, 0.717) is 13.0 Å². The minimum Gasteiger partial charge on any atom is -0.388 e. The number of methoxy groups -OCH3 is 1. The second kappa shape index (κ2) is 5.60. The van der Waals surface area contributed by atoms with Crippen molar-refractivity contribution in [3.63, 3.8) is 0 Å². The van der Waals surface area contributed by atoms with Crippen molar-refractivity contribution in [1.29, 1.82) is 0 Å². The predicted molar refractivity (Wildman–Crippen MR) is 58.2 cm³/mol. The van der Waals surface area contributed by atoms with Gasteiger partial charge in [0.05, 0.1) is 5.60 Å². The molecule has 4 N–H and O–H groups in total. The van der Waals surface area contributed by atoms with E-state index < -0.39 is 11.5 Å². The fourth-order valence-corrected chi connectivity index (χ4v) is 1.12. The SMILES string of the molecule is COCCC(C)(O)CNC(=O)c1nonc1N. The van der Waals surface area contributed by atoms with Crippen LogP contribution in [0.3, 0.4) is 0 Å². The third-order valence-electron chi connectivity index (χ3n) is 2.20. The van der Waals surface area contributed by atoms with E-state index in [2.05, 4.69) is 20.3 Å². The Morgan fingerprint density at radius 2 is 2.35 bits per heavy atom. The maximum absolute atomic E-state index is 11.6. The van der Waals surface area contributed by atoms with Gasteiger partial charge in [0.2, 0.25) is 11.5 Å². The van der Waals surface area contributed by atoms with Crippen LogP contribution in [-0.4, -0.2) is 47.2 Å². The van der Waals surface area contributed by atoms with Gasteiger partial charge in [0.25, 0.3) is 5.91 Å². The molecular formula is C9H16N4O4. The molecule has 1 rings (SSSR count). The van der Waals surface area contributed by atoms with Crippen molar-refractivity contribution in [1.82, 2.24) is 15.6 Å². The number of aliphatic hydroxyl groups is 1. The van der Waals surface area contributed by atoms with Crippen molar-refractivity contribution in [3.8, 4) is 0 Å². The molecule has 0 aliphatic rings. The molecule has 0 spiro atoms. The number of aromatic nitrogens is 2. The average Bonchev–Trinajstić information content (AvgIpc) is 2.70. The van der Waals surface area contributed by atoms with E-state index in [-0.39, 0.29) is 18.1 Å². The number of carbonyl (C=O) groups is 1. The first-order chi connectivity index (χ1) is 7.96. The normalized spacial score (nSPS) is 14.3. The molecule has 0 aliphatic carbocycles. The van der Waals surface area contributed by atoms with Gasteiger partial charge in [-0.15, -0.1) is 0 Å². The monoisotopic (exact) mass is 244 g/mol. The van der Waals surface area contributed by atoms with Crippen molar-refractivity contribution >= 4 is 11.7 Å². The fraction of sp³-hybridized carbons (Fsp3) is 0.667. The Bertz CT molecular complexity index is 377. The second-order valence-corrected chi connectivity index (χ2v) is 3.92. The Kier molecular flexibility index (Phi) is 4.41. The second-order valence-electron chi connectivity index (χ2n) is 3.92. The third-order valence-corrected chi connectivity index (χ3v) is 2.20. The zero-order valence-electron chi connectivity index (χ0n) is 9.77. The highest BCUT2D eigenvalue weighted by Crippen LogP contribution is 2.09. The van der Waals surface area contributed by atoms with Crippen LogP contribution in [0.2, 0.25) is 0 Å². The Labute approximate surface area is 98.1 Å². The minimum atomic E-state index is -1.06. The lowest BCUT2D eigenvalue weighted by Crippen LogP contribution is -2.41. The number of hydrogen-bond donors (Lipinski definition) is 3. The van der Waals surface area contributed by atoms with Crippen LogP contribution in [0.1, 0.15) is 23.8 Å². The molecule has 1 amide bonds. The summed E-state index contributed by atoms with van der Waals surface area (Å²) in [5.74, 6) is -0.625. The smallest absolute Gasteiger partial charge is 0.277 e. The molecule has 0 aliphatic heterocycles. The first-order valence-corrected chi connectivity index (χ1v) is 5.04. The van der Waals surface area contributed by atoms with E-state index >= 15 is 0 Å². The molecular weight excluding hydrogens is 228 g/mol. The third kappa shape index (κ3) is 4.00. The molecule has 1 atom stereocenters. The lowest BCUT2D eigenvalue weighted by molar-refractivity contribution is 0.0242. The van der Waals surface area contributed by atoms with Crippen LogP contribution < -0.4 is 11.1 Å². The molecule has 1 aromatic rings. The summed E-state index contributed by atoms with van der Waals surface area (Å²) in [7, 11) is 1.54. The number of nitrogens with one attached hydrogen (secondary N) is 1. The van der Waals surface area contributed by atoms with E-state index in [9.17, 15) is 9.90 Å². The summed E-state index contributed by atoms with van der Waals surface area (Å²) in [5.41, 5.74) is 4.20. The first-order valence-electron chi connectivity index (χ1n) is 5.04. The van der Waals surface area contributed by atoms with Crippen LogP contribution in [0, 0.1) is 0 Å². The van der Waals surface area contributed by atoms with E-state index in [1.165, 1.54) is 7.11 Å². The van der Waals surface area contributed by atoms with Crippen LogP contribution >= 0.6 is 0 Å². The van der Waals surface area contributed by atoms with Crippen molar-refractivity contribution in [3.05, 3.63) is 5.69 Å². The molecule has 0 aromatic carbocycles. The van der Waals surface area contributed by atoms with Gasteiger partial charge in [0.1, 0.15) is 0 Å². The summed E-state index contributed by atoms with van der Waals surface area (Å²) in [6.07, 6.45) is 0.399. The summed E-state index contributed by atoms with van der Waals surface area (Å²) in [5, 5.41) is 19.0. The number of nitrogen functional groups attached to an aromatic ring is 1. The van der Waals surface area contributed by atoms with E-state index in [4.69, 9.17) is 10.5 Å². The van der Waals surface area contributed by atoms with Gasteiger partial charge in [0.15, 0.2) is 0 Å². The quantitative estimate of drug-likeness (QED) is 0.596. The van der Waals surface area contributed by atoms with Gasteiger partial charge in [-0.2, -0.15) is 0 Å². The van der Waals surface area contributed by atoms with Gasteiger partial charge >= 0.3 is 0 Å². The number of ether oxygens (including phenoxy) is 1. The highest BCUT2D eigenvalue weighted by Gasteiger charge is 2.23. The average molecular weight is 244 g/mol. The van der Waals surface area contributed by atoms with Crippen molar-refractivity contribution in [2.24, 2.45) is 0 Å². The molecule has 1 aromatic heterocycles. The maximum atomic E-state index is 11.6. The van der Waals surface area contributed by atoms with E-state index in [1.807, 2.05) is 0 Å². The van der Waals surface area contributed by atoms with Crippen LogP contribution in [0.5, 0.6) is 0 Å². The van der Waals surface area contributed by atoms with Crippen LogP contribution in [0.4, 0.5) is 5.82 Å². The summed E-state index contributed by atoms with van der Waals surface area (Å²) >= 11 is 0. The maximum Gasteiger partial charge on any atom is 0.277 e. The lowest BCUT2D eigenvalue weighted by atomic mass is 10.0.